The molecule has 0 aliphatic carbocycles. The van der Waals surface area contributed by atoms with Gasteiger partial charge in [-0.25, -0.2) is 12.8 Å². The van der Waals surface area contributed by atoms with E-state index in [1.165, 1.54) is 18.2 Å². The van der Waals surface area contributed by atoms with Crippen molar-refractivity contribution in [3.63, 3.8) is 0 Å². The molecule has 0 spiro atoms. The quantitative estimate of drug-likeness (QED) is 0.848. The van der Waals surface area contributed by atoms with E-state index in [0.717, 1.165) is 13.0 Å². The standard InChI is InChI=1S/C14H20FNO2S2/c1-10(19-2)5-7-16-13-6-8-20(17,18)14-4-3-11(15)9-12(13)14/h3-4,9-10,13,16H,5-8H2,1-2H3. The normalized spacial score (nSPS) is 22.2. The van der Waals surface area contributed by atoms with Gasteiger partial charge >= 0.3 is 0 Å². The number of rotatable bonds is 5. The van der Waals surface area contributed by atoms with Crippen LogP contribution in [-0.4, -0.2) is 32.2 Å². The number of sulfone groups is 1. The molecule has 0 aromatic heterocycles. The fraction of sp³-hybridized carbons (Fsp3) is 0.571. The molecule has 1 N–H and O–H groups in total. The van der Waals surface area contributed by atoms with Crippen LogP contribution in [0.3, 0.4) is 0 Å². The maximum absolute atomic E-state index is 13.4. The first-order valence-corrected chi connectivity index (χ1v) is 9.66. The fourth-order valence-electron chi connectivity index (χ4n) is 2.40. The molecule has 0 bridgehead atoms. The maximum atomic E-state index is 13.4. The summed E-state index contributed by atoms with van der Waals surface area (Å²) in [6.07, 6.45) is 3.59. The van der Waals surface area contributed by atoms with Gasteiger partial charge in [0.15, 0.2) is 9.84 Å². The van der Waals surface area contributed by atoms with Gasteiger partial charge in [0.05, 0.1) is 10.6 Å². The van der Waals surface area contributed by atoms with E-state index in [2.05, 4.69) is 18.5 Å². The molecule has 0 saturated carbocycles. The molecule has 0 fully saturated rings. The Balaban J connectivity index is 2.15. The largest absolute Gasteiger partial charge is 0.310 e. The molecule has 1 heterocycles. The highest BCUT2D eigenvalue weighted by Gasteiger charge is 2.30. The monoisotopic (exact) mass is 317 g/mol. The summed E-state index contributed by atoms with van der Waals surface area (Å²) in [7, 11) is -3.25. The Morgan fingerprint density at radius 3 is 2.95 bits per heavy atom. The first kappa shape index (κ1) is 15.8. The maximum Gasteiger partial charge on any atom is 0.178 e. The zero-order valence-corrected chi connectivity index (χ0v) is 13.4. The van der Waals surface area contributed by atoms with Gasteiger partial charge in [0.1, 0.15) is 5.82 Å². The van der Waals surface area contributed by atoms with Crippen LogP contribution in [-0.2, 0) is 9.84 Å². The van der Waals surface area contributed by atoms with E-state index in [1.807, 2.05) is 0 Å². The summed E-state index contributed by atoms with van der Waals surface area (Å²) in [5.41, 5.74) is 0.577. The number of benzene rings is 1. The Hall–Kier alpha value is -0.590. The second-order valence-corrected chi connectivity index (χ2v) is 8.49. The molecular weight excluding hydrogens is 297 g/mol. The van der Waals surface area contributed by atoms with Crippen molar-refractivity contribution in [2.45, 2.75) is 36.0 Å². The lowest BCUT2D eigenvalue weighted by atomic mass is 10.0. The van der Waals surface area contributed by atoms with Crippen molar-refractivity contribution in [3.8, 4) is 0 Å². The number of hydrogen-bond acceptors (Lipinski definition) is 4. The molecule has 6 heteroatoms. The van der Waals surface area contributed by atoms with Crippen LogP contribution >= 0.6 is 11.8 Å². The summed E-state index contributed by atoms with van der Waals surface area (Å²) in [4.78, 5) is 0.278. The van der Waals surface area contributed by atoms with E-state index in [-0.39, 0.29) is 22.5 Å². The first-order chi connectivity index (χ1) is 9.44. The molecule has 2 unspecified atom stereocenters. The van der Waals surface area contributed by atoms with Crippen molar-refractivity contribution >= 4 is 21.6 Å². The fourth-order valence-corrected chi connectivity index (χ4v) is 4.36. The van der Waals surface area contributed by atoms with Gasteiger partial charge in [-0.15, -0.1) is 0 Å². The molecule has 1 aromatic carbocycles. The van der Waals surface area contributed by atoms with Gasteiger partial charge in [0.2, 0.25) is 0 Å². The average Bonchev–Trinajstić information content (AvgIpc) is 2.40. The van der Waals surface area contributed by atoms with Gasteiger partial charge in [-0.05, 0) is 49.4 Å². The van der Waals surface area contributed by atoms with E-state index >= 15 is 0 Å². The van der Waals surface area contributed by atoms with Crippen LogP contribution in [0.25, 0.3) is 0 Å². The third kappa shape index (κ3) is 3.54. The van der Waals surface area contributed by atoms with Gasteiger partial charge in [-0.1, -0.05) is 6.92 Å². The van der Waals surface area contributed by atoms with Crippen molar-refractivity contribution < 1.29 is 12.8 Å². The van der Waals surface area contributed by atoms with Crippen LogP contribution in [0.1, 0.15) is 31.4 Å². The zero-order valence-electron chi connectivity index (χ0n) is 11.7. The highest BCUT2D eigenvalue weighted by molar-refractivity contribution is 7.99. The van der Waals surface area contributed by atoms with Gasteiger partial charge in [-0.3, -0.25) is 0 Å². The lowest BCUT2D eigenvalue weighted by Gasteiger charge is -2.26. The summed E-state index contributed by atoms with van der Waals surface area (Å²) in [6, 6.07) is 3.88. The Morgan fingerprint density at radius 1 is 1.50 bits per heavy atom. The summed E-state index contributed by atoms with van der Waals surface area (Å²) in [6.45, 7) is 2.97. The van der Waals surface area contributed by atoms with Gasteiger partial charge in [0.25, 0.3) is 0 Å². The number of hydrogen-bond donors (Lipinski definition) is 1. The first-order valence-electron chi connectivity index (χ1n) is 6.72. The van der Waals surface area contributed by atoms with Crippen molar-refractivity contribution in [3.05, 3.63) is 29.6 Å². The van der Waals surface area contributed by atoms with Crippen LogP contribution < -0.4 is 5.32 Å². The van der Waals surface area contributed by atoms with Crippen LogP contribution in [0.15, 0.2) is 23.1 Å². The zero-order chi connectivity index (χ0) is 14.8. The number of nitrogens with one attached hydrogen (secondary N) is 1. The predicted molar refractivity (Wildman–Crippen MR) is 81.4 cm³/mol. The smallest absolute Gasteiger partial charge is 0.178 e. The molecule has 0 radical (unpaired) electrons. The Kier molecular flexibility index (Phi) is 5.09. The van der Waals surface area contributed by atoms with E-state index in [9.17, 15) is 12.8 Å². The summed E-state index contributed by atoms with van der Waals surface area (Å²) < 4.78 is 37.4. The summed E-state index contributed by atoms with van der Waals surface area (Å²) in [5, 5.41) is 3.92. The van der Waals surface area contributed by atoms with E-state index in [1.54, 1.807) is 11.8 Å². The molecule has 1 aliphatic rings. The summed E-state index contributed by atoms with van der Waals surface area (Å²) >= 11 is 1.80. The molecular formula is C14H20FNO2S2. The van der Waals surface area contributed by atoms with Crippen molar-refractivity contribution in [1.82, 2.24) is 5.32 Å². The van der Waals surface area contributed by atoms with E-state index in [4.69, 9.17) is 0 Å². The Labute approximate surface area is 124 Å². The third-order valence-corrected chi connectivity index (χ3v) is 6.56. The van der Waals surface area contributed by atoms with Crippen LogP contribution in [0.5, 0.6) is 0 Å². The number of fused-ring (bicyclic) bond motifs is 1. The molecule has 2 rings (SSSR count). The Bertz CT molecular complexity index is 575. The van der Waals surface area contributed by atoms with Gasteiger partial charge in [0, 0.05) is 11.3 Å². The summed E-state index contributed by atoms with van der Waals surface area (Å²) in [5.74, 6) is -0.258. The topological polar surface area (TPSA) is 46.2 Å². The SMILES string of the molecule is CSC(C)CCNC1CCS(=O)(=O)c2ccc(F)cc21. The third-order valence-electron chi connectivity index (χ3n) is 3.70. The average molecular weight is 317 g/mol. The minimum absolute atomic E-state index is 0.0710. The molecule has 3 nitrogen and oxygen atoms in total. The molecule has 0 saturated heterocycles. The van der Waals surface area contributed by atoms with Crippen LogP contribution in [0.4, 0.5) is 4.39 Å². The van der Waals surface area contributed by atoms with E-state index in [0.29, 0.717) is 17.2 Å². The molecule has 2 atom stereocenters. The van der Waals surface area contributed by atoms with Crippen molar-refractivity contribution in [1.29, 1.82) is 0 Å². The van der Waals surface area contributed by atoms with Crippen molar-refractivity contribution in [2.75, 3.05) is 18.6 Å². The Morgan fingerprint density at radius 2 is 2.25 bits per heavy atom. The molecule has 0 amide bonds. The van der Waals surface area contributed by atoms with E-state index < -0.39 is 9.84 Å². The molecule has 20 heavy (non-hydrogen) atoms. The highest BCUT2D eigenvalue weighted by Crippen LogP contribution is 2.32. The van der Waals surface area contributed by atoms with Crippen LogP contribution in [0.2, 0.25) is 0 Å². The molecule has 1 aliphatic heterocycles. The predicted octanol–water partition coefficient (Wildman–Crippen LogP) is 2.78. The molecule has 112 valence electrons. The van der Waals surface area contributed by atoms with Gasteiger partial charge < -0.3 is 5.32 Å². The van der Waals surface area contributed by atoms with Crippen molar-refractivity contribution in [2.24, 2.45) is 0 Å². The van der Waals surface area contributed by atoms with Gasteiger partial charge in [-0.2, -0.15) is 11.8 Å². The minimum atomic E-state index is -3.25. The second-order valence-electron chi connectivity index (χ2n) is 5.13. The lowest BCUT2D eigenvalue weighted by Crippen LogP contribution is -2.31. The lowest BCUT2D eigenvalue weighted by molar-refractivity contribution is 0.482. The number of halogens is 1. The highest BCUT2D eigenvalue weighted by atomic mass is 32.2. The second kappa shape index (κ2) is 6.45. The number of thioether (sulfide) groups is 1. The minimum Gasteiger partial charge on any atom is -0.310 e. The molecule has 1 aromatic rings. The van der Waals surface area contributed by atoms with Crippen LogP contribution in [0, 0.1) is 5.82 Å².